The number of piperidine rings is 1. The van der Waals surface area contributed by atoms with Crippen molar-refractivity contribution in [3.8, 4) is 0 Å². The van der Waals surface area contributed by atoms with Crippen molar-refractivity contribution in [3.63, 3.8) is 0 Å². The fourth-order valence-electron chi connectivity index (χ4n) is 3.34. The van der Waals surface area contributed by atoms with E-state index in [9.17, 15) is 14.4 Å². The molecule has 0 spiro atoms. The molecule has 1 aromatic rings. The zero-order chi connectivity index (χ0) is 19.6. The lowest BCUT2D eigenvalue weighted by Crippen LogP contribution is -2.50. The first kappa shape index (κ1) is 19.3. The van der Waals surface area contributed by atoms with Crippen molar-refractivity contribution < 1.29 is 19.1 Å². The first-order valence-corrected chi connectivity index (χ1v) is 9.24. The lowest BCUT2D eigenvalue weighted by molar-refractivity contribution is -0.134. The van der Waals surface area contributed by atoms with E-state index in [1.54, 1.807) is 11.1 Å². The molecule has 0 radical (unpaired) electrons. The van der Waals surface area contributed by atoms with Crippen molar-refractivity contribution in [1.29, 1.82) is 0 Å². The highest BCUT2D eigenvalue weighted by Gasteiger charge is 2.33. The van der Waals surface area contributed by atoms with Crippen LogP contribution in [0.4, 0.5) is 4.79 Å². The average molecular weight is 374 g/mol. The molecular weight excluding hydrogens is 348 g/mol. The molecule has 2 saturated heterocycles. The minimum Gasteiger partial charge on any atom is -0.444 e. The molecule has 1 aromatic heterocycles. The summed E-state index contributed by atoms with van der Waals surface area (Å²) in [6.45, 7) is 7.35. The van der Waals surface area contributed by atoms with Crippen LogP contribution in [0.15, 0.2) is 18.3 Å². The van der Waals surface area contributed by atoms with Gasteiger partial charge in [0.05, 0.1) is 17.7 Å². The highest BCUT2D eigenvalue weighted by molar-refractivity contribution is 6.00. The normalized spacial score (nSPS) is 23.7. The van der Waals surface area contributed by atoms with Crippen LogP contribution in [-0.4, -0.2) is 53.0 Å². The van der Waals surface area contributed by atoms with E-state index in [0.29, 0.717) is 32.5 Å². The Morgan fingerprint density at radius 2 is 2.07 bits per heavy atom. The summed E-state index contributed by atoms with van der Waals surface area (Å²) in [5, 5.41) is 5.64. The third-order valence-corrected chi connectivity index (χ3v) is 4.66. The summed E-state index contributed by atoms with van der Waals surface area (Å²) in [5.74, 6) is -0.881. The molecule has 2 fully saturated rings. The minimum atomic E-state index is -0.560. The molecule has 3 amide bonds. The monoisotopic (exact) mass is 374 g/mol. The van der Waals surface area contributed by atoms with Crippen molar-refractivity contribution in [2.24, 2.45) is 0 Å². The molecule has 2 atom stereocenters. The second kappa shape index (κ2) is 7.64. The number of carbonyl (C=O) groups excluding carboxylic acids is 3. The van der Waals surface area contributed by atoms with Gasteiger partial charge in [0.25, 0.3) is 0 Å². The van der Waals surface area contributed by atoms with Crippen LogP contribution in [0.3, 0.4) is 0 Å². The number of hydrogen-bond donors (Lipinski definition) is 2. The van der Waals surface area contributed by atoms with Gasteiger partial charge >= 0.3 is 6.09 Å². The maximum absolute atomic E-state index is 12.5. The van der Waals surface area contributed by atoms with E-state index in [2.05, 4.69) is 15.6 Å². The third-order valence-electron chi connectivity index (χ3n) is 4.66. The SMILES string of the molecule is CC(C)(C)OC(=O)N1CCNCC1c1ccc(C2CCC(=O)NC2=O)cn1. The van der Waals surface area contributed by atoms with E-state index >= 15 is 0 Å². The van der Waals surface area contributed by atoms with E-state index < -0.39 is 5.60 Å². The Labute approximate surface area is 158 Å². The minimum absolute atomic E-state index is 0.232. The second-order valence-electron chi connectivity index (χ2n) is 7.91. The quantitative estimate of drug-likeness (QED) is 0.761. The van der Waals surface area contributed by atoms with Crippen LogP contribution in [0.1, 0.15) is 56.8 Å². The number of carbonyl (C=O) groups is 3. The molecule has 8 heteroatoms. The van der Waals surface area contributed by atoms with Crippen LogP contribution >= 0.6 is 0 Å². The van der Waals surface area contributed by atoms with Crippen LogP contribution in [0, 0.1) is 0 Å². The van der Waals surface area contributed by atoms with Crippen molar-refractivity contribution in [1.82, 2.24) is 20.5 Å². The second-order valence-corrected chi connectivity index (χ2v) is 7.91. The molecule has 3 rings (SSSR count). The summed E-state index contributed by atoms with van der Waals surface area (Å²) in [6, 6.07) is 3.46. The lowest BCUT2D eigenvalue weighted by atomic mass is 9.91. The number of amides is 3. The van der Waals surface area contributed by atoms with Gasteiger partial charge in [-0.25, -0.2) is 4.79 Å². The zero-order valence-electron chi connectivity index (χ0n) is 15.9. The van der Waals surface area contributed by atoms with Gasteiger partial charge < -0.3 is 10.1 Å². The Kier molecular flexibility index (Phi) is 5.46. The van der Waals surface area contributed by atoms with Crippen LogP contribution in [-0.2, 0) is 14.3 Å². The van der Waals surface area contributed by atoms with E-state index in [0.717, 1.165) is 11.3 Å². The van der Waals surface area contributed by atoms with Crippen LogP contribution in [0.5, 0.6) is 0 Å². The molecule has 2 aliphatic rings. The van der Waals surface area contributed by atoms with Gasteiger partial charge in [-0.3, -0.25) is 24.8 Å². The Morgan fingerprint density at radius 1 is 1.30 bits per heavy atom. The van der Waals surface area contributed by atoms with Gasteiger partial charge in [-0.05, 0) is 38.8 Å². The summed E-state index contributed by atoms with van der Waals surface area (Å²) < 4.78 is 5.52. The molecule has 2 unspecified atom stereocenters. The molecule has 0 aliphatic carbocycles. The maximum Gasteiger partial charge on any atom is 0.410 e. The Morgan fingerprint density at radius 3 is 2.70 bits per heavy atom. The molecule has 0 bridgehead atoms. The molecule has 2 aliphatic heterocycles. The molecular formula is C19H26N4O4. The topological polar surface area (TPSA) is 101 Å². The van der Waals surface area contributed by atoms with Gasteiger partial charge in [-0.15, -0.1) is 0 Å². The first-order valence-electron chi connectivity index (χ1n) is 9.24. The standard InChI is InChI=1S/C19H26N4O4/c1-19(2,3)27-18(26)23-9-8-20-11-15(23)14-6-4-12(10-21-14)13-5-7-16(24)22-17(13)25/h4,6,10,13,15,20H,5,7-9,11H2,1-3H3,(H,22,24,25). The van der Waals surface area contributed by atoms with Gasteiger partial charge in [0.1, 0.15) is 5.60 Å². The highest BCUT2D eigenvalue weighted by atomic mass is 16.6. The van der Waals surface area contributed by atoms with Gasteiger partial charge in [-0.2, -0.15) is 0 Å². The number of piperazine rings is 1. The number of nitrogens with zero attached hydrogens (tertiary/aromatic N) is 2. The fourth-order valence-corrected chi connectivity index (χ4v) is 3.34. The number of rotatable bonds is 2. The Balaban J connectivity index is 1.75. The Hall–Kier alpha value is -2.48. The van der Waals surface area contributed by atoms with Crippen molar-refractivity contribution >= 4 is 17.9 Å². The molecule has 0 saturated carbocycles. The number of imide groups is 1. The van der Waals surface area contributed by atoms with Gasteiger partial charge in [-0.1, -0.05) is 6.07 Å². The first-order chi connectivity index (χ1) is 12.7. The number of pyridine rings is 1. The van der Waals surface area contributed by atoms with E-state index in [1.165, 1.54) is 0 Å². The van der Waals surface area contributed by atoms with Crippen molar-refractivity contribution in [3.05, 3.63) is 29.6 Å². The summed E-state index contributed by atoms with van der Waals surface area (Å²) >= 11 is 0. The lowest BCUT2D eigenvalue weighted by Gasteiger charge is -2.36. The summed E-state index contributed by atoms with van der Waals surface area (Å²) in [6.07, 6.45) is 2.12. The molecule has 27 heavy (non-hydrogen) atoms. The fraction of sp³-hybridized carbons (Fsp3) is 0.579. The van der Waals surface area contributed by atoms with Gasteiger partial charge in [0.15, 0.2) is 0 Å². The number of ether oxygens (including phenoxy) is 1. The average Bonchev–Trinajstić information content (AvgIpc) is 2.60. The van der Waals surface area contributed by atoms with Crippen molar-refractivity contribution in [2.75, 3.05) is 19.6 Å². The summed E-state index contributed by atoms with van der Waals surface area (Å²) in [4.78, 5) is 42.1. The molecule has 146 valence electrons. The van der Waals surface area contributed by atoms with Crippen molar-refractivity contribution in [2.45, 2.75) is 51.2 Å². The third kappa shape index (κ3) is 4.63. The molecule has 0 aromatic carbocycles. The predicted molar refractivity (Wildman–Crippen MR) is 97.9 cm³/mol. The molecule has 8 nitrogen and oxygen atoms in total. The smallest absolute Gasteiger partial charge is 0.410 e. The number of nitrogens with one attached hydrogen (secondary N) is 2. The maximum atomic E-state index is 12.5. The van der Waals surface area contributed by atoms with E-state index in [4.69, 9.17) is 4.74 Å². The van der Waals surface area contributed by atoms with Gasteiger partial charge in [0.2, 0.25) is 11.8 Å². The van der Waals surface area contributed by atoms with E-state index in [-0.39, 0.29) is 29.9 Å². The number of aromatic nitrogens is 1. The summed E-state index contributed by atoms with van der Waals surface area (Å²) in [7, 11) is 0. The van der Waals surface area contributed by atoms with Crippen LogP contribution in [0.25, 0.3) is 0 Å². The zero-order valence-corrected chi connectivity index (χ0v) is 15.9. The largest absolute Gasteiger partial charge is 0.444 e. The molecule has 2 N–H and O–H groups in total. The Bertz CT molecular complexity index is 726. The predicted octanol–water partition coefficient (Wildman–Crippen LogP) is 1.48. The molecule has 3 heterocycles. The highest BCUT2D eigenvalue weighted by Crippen LogP contribution is 2.27. The van der Waals surface area contributed by atoms with E-state index in [1.807, 2.05) is 32.9 Å². The van der Waals surface area contributed by atoms with Crippen LogP contribution < -0.4 is 10.6 Å². The van der Waals surface area contributed by atoms with Gasteiger partial charge in [0, 0.05) is 32.3 Å². The summed E-state index contributed by atoms with van der Waals surface area (Å²) in [5.41, 5.74) is 0.954. The van der Waals surface area contributed by atoms with Crippen LogP contribution in [0.2, 0.25) is 0 Å². The number of hydrogen-bond acceptors (Lipinski definition) is 6.